The Labute approximate surface area is 118 Å². The van der Waals surface area contributed by atoms with Gasteiger partial charge < -0.3 is 20.1 Å². The van der Waals surface area contributed by atoms with E-state index >= 15 is 0 Å². The van der Waals surface area contributed by atoms with Gasteiger partial charge in [-0.15, -0.1) is 0 Å². The molecular formula is C13H24O5S. The van der Waals surface area contributed by atoms with Crippen LogP contribution >= 0.6 is 11.8 Å². The van der Waals surface area contributed by atoms with Crippen LogP contribution in [0.2, 0.25) is 0 Å². The van der Waals surface area contributed by atoms with Crippen LogP contribution in [0.15, 0.2) is 0 Å². The van der Waals surface area contributed by atoms with E-state index in [0.29, 0.717) is 43.8 Å². The van der Waals surface area contributed by atoms with Crippen molar-refractivity contribution in [2.24, 2.45) is 5.92 Å². The summed E-state index contributed by atoms with van der Waals surface area (Å²) in [5.41, 5.74) is -0.761. The highest BCUT2D eigenvalue weighted by atomic mass is 32.2. The van der Waals surface area contributed by atoms with Crippen LogP contribution in [-0.4, -0.2) is 57.7 Å². The quantitative estimate of drug-likeness (QED) is 0.594. The summed E-state index contributed by atoms with van der Waals surface area (Å²) >= 11 is 1.44. The fourth-order valence-electron chi connectivity index (χ4n) is 2.23. The Morgan fingerprint density at radius 3 is 2.63 bits per heavy atom. The van der Waals surface area contributed by atoms with Gasteiger partial charge in [0, 0.05) is 11.5 Å². The lowest BCUT2D eigenvalue weighted by molar-refractivity contribution is -0.150. The molecule has 0 saturated heterocycles. The Balaban J connectivity index is 2.28. The second-order valence-electron chi connectivity index (χ2n) is 5.10. The van der Waals surface area contributed by atoms with Crippen molar-refractivity contribution in [3.63, 3.8) is 0 Å². The van der Waals surface area contributed by atoms with E-state index in [1.807, 2.05) is 0 Å². The van der Waals surface area contributed by atoms with Gasteiger partial charge in [0.25, 0.3) is 0 Å². The topological polar surface area (TPSA) is 87.0 Å². The molecule has 0 aromatic heterocycles. The number of carbonyl (C=O) groups excluding carboxylic acids is 1. The van der Waals surface area contributed by atoms with E-state index in [4.69, 9.17) is 9.84 Å². The van der Waals surface area contributed by atoms with Gasteiger partial charge in [-0.25, -0.2) is 0 Å². The zero-order valence-corrected chi connectivity index (χ0v) is 12.2. The van der Waals surface area contributed by atoms with Crippen molar-refractivity contribution in [1.82, 2.24) is 0 Å². The summed E-state index contributed by atoms with van der Waals surface area (Å²) < 4.78 is 4.99. The van der Waals surface area contributed by atoms with Crippen molar-refractivity contribution < 1.29 is 24.9 Å². The van der Waals surface area contributed by atoms with Crippen molar-refractivity contribution >= 4 is 17.7 Å². The maximum absolute atomic E-state index is 11.6. The van der Waals surface area contributed by atoms with Crippen molar-refractivity contribution in [1.29, 1.82) is 0 Å². The third-order valence-corrected chi connectivity index (χ3v) is 4.79. The van der Waals surface area contributed by atoms with Gasteiger partial charge >= 0.3 is 5.97 Å². The summed E-state index contributed by atoms with van der Waals surface area (Å²) in [6.07, 6.45) is 1.73. The lowest BCUT2D eigenvalue weighted by atomic mass is 9.80. The molecule has 0 spiro atoms. The molecule has 6 heteroatoms. The molecule has 1 aliphatic rings. The molecule has 1 aliphatic carbocycles. The summed E-state index contributed by atoms with van der Waals surface area (Å²) in [6.45, 7) is 1.94. The van der Waals surface area contributed by atoms with E-state index in [2.05, 4.69) is 0 Å². The maximum Gasteiger partial charge on any atom is 0.308 e. The Hall–Kier alpha value is -0.300. The molecule has 5 nitrogen and oxygen atoms in total. The molecule has 1 rings (SSSR count). The molecule has 0 heterocycles. The normalized spacial score (nSPS) is 28.9. The molecule has 1 atom stereocenters. The average molecular weight is 292 g/mol. The molecule has 0 amide bonds. The fraction of sp³-hybridized carbons (Fsp3) is 0.923. The smallest absolute Gasteiger partial charge is 0.308 e. The summed E-state index contributed by atoms with van der Waals surface area (Å²) in [7, 11) is 0. The number of ether oxygens (including phenoxy) is 1. The first-order valence-electron chi connectivity index (χ1n) is 6.76. The number of hydrogen-bond acceptors (Lipinski definition) is 6. The summed E-state index contributed by atoms with van der Waals surface area (Å²) in [6, 6.07) is 0. The van der Waals surface area contributed by atoms with Gasteiger partial charge in [-0.3, -0.25) is 4.79 Å². The molecule has 0 aromatic rings. The number of rotatable bonds is 7. The van der Waals surface area contributed by atoms with Crippen LogP contribution in [0.1, 0.15) is 32.6 Å². The molecule has 3 N–H and O–H groups in total. The first kappa shape index (κ1) is 16.8. The van der Waals surface area contributed by atoms with E-state index in [-0.39, 0.29) is 18.5 Å². The van der Waals surface area contributed by atoms with Crippen molar-refractivity contribution in [2.75, 3.05) is 24.7 Å². The van der Waals surface area contributed by atoms with Gasteiger partial charge in [-0.05, 0) is 32.6 Å². The highest BCUT2D eigenvalue weighted by molar-refractivity contribution is 7.99. The van der Waals surface area contributed by atoms with E-state index in [9.17, 15) is 15.0 Å². The lowest BCUT2D eigenvalue weighted by Gasteiger charge is -2.35. The number of aliphatic hydroxyl groups is 3. The van der Waals surface area contributed by atoms with Crippen molar-refractivity contribution in [3.05, 3.63) is 0 Å². The first-order valence-corrected chi connectivity index (χ1v) is 7.92. The Morgan fingerprint density at radius 1 is 1.47 bits per heavy atom. The Kier molecular flexibility index (Phi) is 7.13. The van der Waals surface area contributed by atoms with Gasteiger partial charge in [-0.1, -0.05) is 0 Å². The van der Waals surface area contributed by atoms with E-state index in [0.717, 1.165) is 0 Å². The predicted octanol–water partition coefficient (Wildman–Crippen LogP) is 0.557. The monoisotopic (exact) mass is 292 g/mol. The summed E-state index contributed by atoms with van der Waals surface area (Å²) in [5, 5.41) is 28.3. The van der Waals surface area contributed by atoms with Crippen LogP contribution in [0.4, 0.5) is 0 Å². The third-order valence-electron chi connectivity index (χ3n) is 3.43. The Bertz CT molecular complexity index is 276. The molecule has 1 fully saturated rings. The number of hydrogen-bond donors (Lipinski definition) is 3. The summed E-state index contributed by atoms with van der Waals surface area (Å²) in [4.78, 5) is 11.6. The molecule has 0 radical (unpaired) electrons. The van der Waals surface area contributed by atoms with Crippen LogP contribution in [0.5, 0.6) is 0 Å². The minimum absolute atomic E-state index is 0.0896. The summed E-state index contributed by atoms with van der Waals surface area (Å²) in [5.74, 6) is 0.695. The maximum atomic E-state index is 11.6. The number of thioether (sulfide) groups is 1. The van der Waals surface area contributed by atoms with Gasteiger partial charge in [0.05, 0.1) is 30.8 Å². The second-order valence-corrected chi connectivity index (χ2v) is 6.13. The minimum Gasteiger partial charge on any atom is -0.466 e. The molecule has 0 bridgehead atoms. The van der Waals surface area contributed by atoms with Gasteiger partial charge in [0.15, 0.2) is 0 Å². The zero-order valence-electron chi connectivity index (χ0n) is 11.4. The molecule has 1 saturated carbocycles. The standard InChI is InChI=1S/C13H24O5S/c1-2-18-12(16)10-3-5-13(17,6-4-10)9-19-8-11(15)7-14/h10-11,14-15,17H,2-9H2,1H3. The molecule has 112 valence electrons. The first-order chi connectivity index (χ1) is 9.00. The number of carbonyl (C=O) groups is 1. The minimum atomic E-state index is -0.761. The molecule has 0 aliphatic heterocycles. The SMILES string of the molecule is CCOC(=O)C1CCC(O)(CSCC(O)CO)CC1. The van der Waals surface area contributed by atoms with E-state index < -0.39 is 11.7 Å². The van der Waals surface area contributed by atoms with Gasteiger partial charge in [0.1, 0.15) is 0 Å². The molecule has 19 heavy (non-hydrogen) atoms. The van der Waals surface area contributed by atoms with Gasteiger partial charge in [0.2, 0.25) is 0 Å². The van der Waals surface area contributed by atoms with Crippen molar-refractivity contribution in [2.45, 2.75) is 44.3 Å². The Morgan fingerprint density at radius 2 is 2.11 bits per heavy atom. The van der Waals surface area contributed by atoms with Crippen LogP contribution in [0, 0.1) is 5.92 Å². The highest BCUT2D eigenvalue weighted by Crippen LogP contribution is 2.35. The number of esters is 1. The fourth-order valence-corrected chi connectivity index (χ4v) is 3.40. The highest BCUT2D eigenvalue weighted by Gasteiger charge is 2.36. The van der Waals surface area contributed by atoms with E-state index in [1.165, 1.54) is 11.8 Å². The second kappa shape index (κ2) is 8.09. The van der Waals surface area contributed by atoms with Crippen molar-refractivity contribution in [3.8, 4) is 0 Å². The lowest BCUT2D eigenvalue weighted by Crippen LogP contribution is -2.39. The van der Waals surface area contributed by atoms with Gasteiger partial charge in [-0.2, -0.15) is 11.8 Å². The largest absolute Gasteiger partial charge is 0.466 e. The third kappa shape index (κ3) is 5.69. The number of aliphatic hydroxyl groups excluding tert-OH is 2. The average Bonchev–Trinajstić information content (AvgIpc) is 2.39. The van der Waals surface area contributed by atoms with Crippen LogP contribution < -0.4 is 0 Å². The van der Waals surface area contributed by atoms with Crippen LogP contribution in [0.3, 0.4) is 0 Å². The molecule has 1 unspecified atom stereocenters. The van der Waals surface area contributed by atoms with Crippen LogP contribution in [0.25, 0.3) is 0 Å². The van der Waals surface area contributed by atoms with E-state index in [1.54, 1.807) is 6.92 Å². The molecule has 0 aromatic carbocycles. The molecular weight excluding hydrogens is 268 g/mol. The zero-order chi connectivity index (χ0) is 14.3. The van der Waals surface area contributed by atoms with Crippen LogP contribution in [-0.2, 0) is 9.53 Å². The predicted molar refractivity (Wildman–Crippen MR) is 74.0 cm³/mol.